The van der Waals surface area contributed by atoms with Gasteiger partial charge in [-0.2, -0.15) is 0 Å². The first kappa shape index (κ1) is 20.4. The van der Waals surface area contributed by atoms with Crippen LogP contribution < -0.4 is 14.8 Å². The number of ether oxygens (including phenoxy) is 2. The summed E-state index contributed by atoms with van der Waals surface area (Å²) in [5.74, 6) is 0.862. The van der Waals surface area contributed by atoms with E-state index in [-0.39, 0.29) is 18.2 Å². The second-order valence-electron chi connectivity index (χ2n) is 6.33. The van der Waals surface area contributed by atoms with Crippen LogP contribution in [0, 0.1) is 6.92 Å². The summed E-state index contributed by atoms with van der Waals surface area (Å²) in [5.41, 5.74) is 1.25. The summed E-state index contributed by atoms with van der Waals surface area (Å²) >= 11 is 0. The molecule has 0 radical (unpaired) electrons. The minimum atomic E-state index is -3.17. The molecule has 0 aliphatic heterocycles. The van der Waals surface area contributed by atoms with Gasteiger partial charge in [-0.3, -0.25) is 5.32 Å². The van der Waals surface area contributed by atoms with Gasteiger partial charge in [0.05, 0.1) is 17.0 Å². The number of nitrogens with one attached hydrogen (secondary N) is 1. The van der Waals surface area contributed by atoms with E-state index in [9.17, 15) is 13.2 Å². The summed E-state index contributed by atoms with van der Waals surface area (Å²) in [5, 5.41) is 7.08. The molecule has 0 fully saturated rings. The Kier molecular flexibility index (Phi) is 6.18. The molecule has 9 heteroatoms. The summed E-state index contributed by atoms with van der Waals surface area (Å²) in [6.07, 6.45) is 0.456. The normalized spacial score (nSPS) is 11.1. The molecule has 3 aromatic rings. The van der Waals surface area contributed by atoms with E-state index in [1.807, 2.05) is 36.4 Å². The highest BCUT2D eigenvalue weighted by Crippen LogP contribution is 2.28. The number of rotatable bonds is 7. The molecular formula is C20H21N3O5S. The van der Waals surface area contributed by atoms with Gasteiger partial charge in [0.2, 0.25) is 5.88 Å². The van der Waals surface area contributed by atoms with E-state index in [0.29, 0.717) is 22.8 Å². The van der Waals surface area contributed by atoms with E-state index in [1.165, 1.54) is 4.68 Å². The van der Waals surface area contributed by atoms with Crippen molar-refractivity contribution in [3.05, 3.63) is 66.2 Å². The molecule has 1 N–H and O–H groups in total. The van der Waals surface area contributed by atoms with Crippen molar-refractivity contribution in [2.45, 2.75) is 6.92 Å². The molecule has 152 valence electrons. The number of para-hydroxylation sites is 2. The van der Waals surface area contributed by atoms with Crippen molar-refractivity contribution in [1.82, 2.24) is 9.78 Å². The van der Waals surface area contributed by atoms with Gasteiger partial charge >= 0.3 is 6.09 Å². The maximum Gasteiger partial charge on any atom is 0.418 e. The monoisotopic (exact) mass is 415 g/mol. The Morgan fingerprint density at radius 3 is 2.31 bits per heavy atom. The Hall–Kier alpha value is -3.33. The van der Waals surface area contributed by atoms with Gasteiger partial charge in [0.1, 0.15) is 18.2 Å². The lowest BCUT2D eigenvalue weighted by atomic mass is 10.3. The van der Waals surface area contributed by atoms with E-state index in [0.717, 1.165) is 6.26 Å². The zero-order valence-electron chi connectivity index (χ0n) is 16.0. The molecule has 0 spiro atoms. The fourth-order valence-corrected chi connectivity index (χ4v) is 2.91. The maximum absolute atomic E-state index is 12.4. The van der Waals surface area contributed by atoms with Gasteiger partial charge in [-0.05, 0) is 31.2 Å². The Morgan fingerprint density at radius 1 is 1.07 bits per heavy atom. The van der Waals surface area contributed by atoms with E-state index >= 15 is 0 Å². The summed E-state index contributed by atoms with van der Waals surface area (Å²) in [7, 11) is -3.17. The van der Waals surface area contributed by atoms with Crippen LogP contribution in [0.4, 0.5) is 10.6 Å². The minimum absolute atomic E-state index is 0.0423. The highest BCUT2D eigenvalue weighted by atomic mass is 32.2. The van der Waals surface area contributed by atoms with Crippen LogP contribution in [0.15, 0.2) is 60.7 Å². The first-order valence-corrected chi connectivity index (χ1v) is 10.9. The lowest BCUT2D eigenvalue weighted by Crippen LogP contribution is -2.19. The van der Waals surface area contributed by atoms with Crippen molar-refractivity contribution in [2.75, 3.05) is 23.9 Å². The Morgan fingerprint density at radius 2 is 1.69 bits per heavy atom. The Labute approximate surface area is 169 Å². The van der Waals surface area contributed by atoms with Crippen LogP contribution in [-0.2, 0) is 9.84 Å². The molecule has 1 aromatic heterocycles. The molecular weight excluding hydrogens is 394 g/mol. The minimum Gasteiger partial charge on any atom is -0.475 e. The van der Waals surface area contributed by atoms with Gasteiger partial charge < -0.3 is 9.47 Å². The average Bonchev–Trinajstić information content (AvgIpc) is 2.98. The molecule has 0 atom stereocenters. The third-order valence-corrected chi connectivity index (χ3v) is 4.85. The SMILES string of the molecule is Cc1c(OCCS(C)(=O)=O)nn(-c2ccccc2)c1NC(=O)Oc1ccccc1. The van der Waals surface area contributed by atoms with Crippen LogP contribution in [0.1, 0.15) is 5.56 Å². The first-order chi connectivity index (χ1) is 13.8. The van der Waals surface area contributed by atoms with Gasteiger partial charge in [-0.1, -0.05) is 36.4 Å². The van der Waals surface area contributed by atoms with Gasteiger partial charge in [0.25, 0.3) is 0 Å². The predicted molar refractivity (Wildman–Crippen MR) is 110 cm³/mol. The van der Waals surface area contributed by atoms with Crippen LogP contribution in [0.25, 0.3) is 5.69 Å². The smallest absolute Gasteiger partial charge is 0.418 e. The number of sulfone groups is 1. The van der Waals surface area contributed by atoms with Crippen LogP contribution in [0.5, 0.6) is 11.6 Å². The molecule has 0 aliphatic rings. The Bertz CT molecular complexity index is 1080. The van der Waals surface area contributed by atoms with Crippen LogP contribution >= 0.6 is 0 Å². The summed E-state index contributed by atoms with van der Waals surface area (Å²) in [6.45, 7) is 1.68. The van der Waals surface area contributed by atoms with E-state index in [4.69, 9.17) is 9.47 Å². The van der Waals surface area contributed by atoms with Crippen molar-refractivity contribution in [3.63, 3.8) is 0 Å². The molecule has 0 unspecified atom stereocenters. The standard InChI is InChI=1S/C20H21N3O5S/c1-15-18(21-20(24)28-17-11-7-4-8-12-17)23(16-9-5-3-6-10-16)22-19(15)27-13-14-29(2,25)26/h3-12H,13-14H2,1-2H3,(H,21,24). The van der Waals surface area contributed by atoms with Crippen LogP contribution in [0.3, 0.4) is 0 Å². The maximum atomic E-state index is 12.4. The number of hydrogen-bond acceptors (Lipinski definition) is 6. The highest BCUT2D eigenvalue weighted by molar-refractivity contribution is 7.90. The Balaban J connectivity index is 1.86. The zero-order chi connectivity index (χ0) is 20.9. The summed E-state index contributed by atoms with van der Waals surface area (Å²) in [6, 6.07) is 17.8. The molecule has 0 saturated heterocycles. The van der Waals surface area contributed by atoms with Crippen molar-refractivity contribution in [3.8, 4) is 17.3 Å². The molecule has 1 heterocycles. The molecule has 8 nitrogen and oxygen atoms in total. The van der Waals surface area contributed by atoms with Crippen molar-refractivity contribution in [2.24, 2.45) is 0 Å². The van der Waals surface area contributed by atoms with Gasteiger partial charge in [0.15, 0.2) is 9.84 Å². The summed E-state index contributed by atoms with van der Waals surface area (Å²) in [4.78, 5) is 12.4. The second-order valence-corrected chi connectivity index (χ2v) is 8.59. The largest absolute Gasteiger partial charge is 0.475 e. The molecule has 29 heavy (non-hydrogen) atoms. The predicted octanol–water partition coefficient (Wildman–Crippen LogP) is 3.22. The van der Waals surface area contributed by atoms with E-state index < -0.39 is 15.9 Å². The average molecular weight is 415 g/mol. The molecule has 3 rings (SSSR count). The van der Waals surface area contributed by atoms with Gasteiger partial charge in [0, 0.05) is 6.26 Å². The fourth-order valence-electron chi connectivity index (χ4n) is 2.52. The van der Waals surface area contributed by atoms with Crippen LogP contribution in [0.2, 0.25) is 0 Å². The third-order valence-electron chi connectivity index (χ3n) is 3.95. The molecule has 0 aliphatic carbocycles. The molecule has 0 saturated carbocycles. The topological polar surface area (TPSA) is 99.5 Å². The summed E-state index contributed by atoms with van der Waals surface area (Å²) < 4.78 is 35.0. The lowest BCUT2D eigenvalue weighted by Gasteiger charge is -2.10. The number of benzene rings is 2. The first-order valence-electron chi connectivity index (χ1n) is 8.83. The fraction of sp³-hybridized carbons (Fsp3) is 0.200. The van der Waals surface area contributed by atoms with Crippen molar-refractivity contribution >= 4 is 21.7 Å². The number of nitrogens with zero attached hydrogens (tertiary/aromatic N) is 2. The highest BCUT2D eigenvalue weighted by Gasteiger charge is 2.20. The van der Waals surface area contributed by atoms with Gasteiger partial charge in [-0.25, -0.2) is 17.9 Å². The van der Waals surface area contributed by atoms with Crippen LogP contribution in [-0.4, -0.2) is 42.9 Å². The number of carbonyl (C=O) groups is 1. The van der Waals surface area contributed by atoms with Gasteiger partial charge in [-0.15, -0.1) is 5.10 Å². The number of anilines is 1. The molecule has 0 bridgehead atoms. The molecule has 2 aromatic carbocycles. The molecule has 1 amide bonds. The third kappa shape index (κ3) is 5.58. The second kappa shape index (κ2) is 8.78. The quantitative estimate of drug-likeness (QED) is 0.636. The van der Waals surface area contributed by atoms with E-state index in [2.05, 4.69) is 10.4 Å². The lowest BCUT2D eigenvalue weighted by molar-refractivity contribution is 0.215. The zero-order valence-corrected chi connectivity index (χ0v) is 16.8. The van der Waals surface area contributed by atoms with Crippen molar-refractivity contribution < 1.29 is 22.7 Å². The van der Waals surface area contributed by atoms with E-state index in [1.54, 1.807) is 31.2 Å². The number of aromatic nitrogens is 2. The number of hydrogen-bond donors (Lipinski definition) is 1. The number of amides is 1. The van der Waals surface area contributed by atoms with Crippen molar-refractivity contribution in [1.29, 1.82) is 0 Å². The number of carbonyl (C=O) groups excluding carboxylic acids is 1.